The Kier molecular flexibility index (Phi) is 6.38. The smallest absolute Gasteiger partial charge is 0.269 e. The number of thioether (sulfide) groups is 1. The van der Waals surface area contributed by atoms with E-state index in [2.05, 4.69) is 15.2 Å². The third-order valence-corrected chi connectivity index (χ3v) is 6.31. The average Bonchev–Trinajstić information content (AvgIpc) is 3.34. The van der Waals surface area contributed by atoms with Crippen LogP contribution in [0.25, 0.3) is 22.6 Å². The molecule has 0 bridgehead atoms. The van der Waals surface area contributed by atoms with Crippen molar-refractivity contribution >= 4 is 29.0 Å². The van der Waals surface area contributed by atoms with Gasteiger partial charge in [0.25, 0.3) is 5.69 Å². The molecule has 2 aromatic heterocycles. The summed E-state index contributed by atoms with van der Waals surface area (Å²) in [6.07, 6.45) is -0.723. The largest absolute Gasteiger partial charge is 0.455 e. The molecular formula is C25H21N5O5S. The van der Waals surface area contributed by atoms with Gasteiger partial charge in [-0.1, -0.05) is 43.8 Å². The number of rotatable bonds is 6. The van der Waals surface area contributed by atoms with E-state index in [1.165, 1.54) is 23.9 Å². The summed E-state index contributed by atoms with van der Waals surface area (Å²) >= 11 is 1.43. The molecule has 0 fully saturated rings. The first-order valence-electron chi connectivity index (χ1n) is 11.3. The minimum atomic E-state index is -0.956. The average molecular weight is 504 g/mol. The molecule has 1 atom stereocenters. The molecule has 0 saturated heterocycles. The maximum absolute atomic E-state index is 13.2. The quantitative estimate of drug-likeness (QED) is 0.186. The summed E-state index contributed by atoms with van der Waals surface area (Å²) in [7, 11) is 0. The molecule has 0 unspecified atom stereocenters. The number of anilines is 1. The van der Waals surface area contributed by atoms with Crippen LogP contribution >= 0.6 is 11.8 Å². The lowest BCUT2D eigenvalue weighted by Gasteiger charge is -2.29. The molecule has 0 spiro atoms. The summed E-state index contributed by atoms with van der Waals surface area (Å²) in [4.78, 5) is 29.9. The Bertz CT molecular complexity index is 1440. The Labute approximate surface area is 210 Å². The summed E-state index contributed by atoms with van der Waals surface area (Å²) in [5.41, 5.74) is 2.35. The van der Waals surface area contributed by atoms with E-state index in [4.69, 9.17) is 9.15 Å². The number of amides is 1. The minimum Gasteiger partial charge on any atom is -0.455 e. The second-order valence-corrected chi connectivity index (χ2v) is 9.02. The van der Waals surface area contributed by atoms with Gasteiger partial charge in [0.15, 0.2) is 11.5 Å². The van der Waals surface area contributed by atoms with Crippen molar-refractivity contribution < 1.29 is 18.9 Å². The van der Waals surface area contributed by atoms with Crippen LogP contribution in [0.15, 0.2) is 70.2 Å². The normalized spacial score (nSPS) is 14.4. The topological polar surface area (TPSA) is 124 Å². The van der Waals surface area contributed by atoms with E-state index in [9.17, 15) is 14.9 Å². The zero-order chi connectivity index (χ0) is 25.2. The molecule has 182 valence electrons. The van der Waals surface area contributed by atoms with Crippen molar-refractivity contribution in [3.05, 3.63) is 76.5 Å². The molecule has 0 radical (unpaired) electrons. The van der Waals surface area contributed by atoms with E-state index in [1.807, 2.05) is 31.2 Å². The lowest BCUT2D eigenvalue weighted by atomic mass is 10.1. The highest BCUT2D eigenvalue weighted by Crippen LogP contribution is 2.44. The molecule has 36 heavy (non-hydrogen) atoms. The van der Waals surface area contributed by atoms with Crippen LogP contribution in [0.5, 0.6) is 5.88 Å². The van der Waals surface area contributed by atoms with Gasteiger partial charge in [0, 0.05) is 29.7 Å². The Hall–Kier alpha value is -4.25. The fourth-order valence-corrected chi connectivity index (χ4v) is 4.42. The van der Waals surface area contributed by atoms with Gasteiger partial charge >= 0.3 is 0 Å². The van der Waals surface area contributed by atoms with Gasteiger partial charge in [-0.05, 0) is 36.1 Å². The molecule has 11 heteroatoms. The molecule has 4 aromatic rings. The van der Waals surface area contributed by atoms with Gasteiger partial charge in [0.05, 0.1) is 10.6 Å². The maximum Gasteiger partial charge on any atom is 0.269 e. The van der Waals surface area contributed by atoms with Gasteiger partial charge in [-0.25, -0.2) is 0 Å². The van der Waals surface area contributed by atoms with Crippen LogP contribution in [0.1, 0.15) is 32.3 Å². The van der Waals surface area contributed by atoms with E-state index in [0.29, 0.717) is 39.2 Å². The number of nitro benzene ring substituents is 1. The second-order valence-electron chi connectivity index (χ2n) is 7.79. The van der Waals surface area contributed by atoms with E-state index in [1.54, 1.807) is 36.1 Å². The van der Waals surface area contributed by atoms with Crippen molar-refractivity contribution in [3.63, 3.8) is 0 Å². The number of fused-ring (bicyclic) bond motifs is 3. The molecule has 3 heterocycles. The van der Waals surface area contributed by atoms with E-state index in [0.717, 1.165) is 5.75 Å². The van der Waals surface area contributed by atoms with E-state index in [-0.39, 0.29) is 23.9 Å². The van der Waals surface area contributed by atoms with Gasteiger partial charge in [-0.15, -0.1) is 10.2 Å². The van der Waals surface area contributed by atoms with Crippen molar-refractivity contribution in [3.8, 4) is 28.5 Å². The first-order chi connectivity index (χ1) is 17.5. The van der Waals surface area contributed by atoms with E-state index < -0.39 is 11.2 Å². The third kappa shape index (κ3) is 4.29. The van der Waals surface area contributed by atoms with Gasteiger partial charge < -0.3 is 9.15 Å². The summed E-state index contributed by atoms with van der Waals surface area (Å²) in [5.74, 6) is 1.68. The van der Waals surface area contributed by atoms with Crippen LogP contribution in [0.3, 0.4) is 0 Å². The number of nitro groups is 1. The fourth-order valence-electron chi connectivity index (χ4n) is 3.92. The van der Waals surface area contributed by atoms with Crippen molar-refractivity contribution in [1.29, 1.82) is 0 Å². The molecule has 0 aliphatic carbocycles. The highest BCUT2D eigenvalue weighted by molar-refractivity contribution is 7.99. The van der Waals surface area contributed by atoms with Crippen molar-refractivity contribution in [2.24, 2.45) is 0 Å². The van der Waals surface area contributed by atoms with Crippen molar-refractivity contribution in [2.75, 3.05) is 10.7 Å². The predicted octanol–water partition coefficient (Wildman–Crippen LogP) is 5.65. The number of furan rings is 1. The van der Waals surface area contributed by atoms with Crippen molar-refractivity contribution in [1.82, 2.24) is 15.2 Å². The molecule has 5 rings (SSSR count). The molecule has 2 aromatic carbocycles. The number of hydrogen-bond donors (Lipinski definition) is 0. The van der Waals surface area contributed by atoms with Gasteiger partial charge in [-0.2, -0.15) is 4.98 Å². The van der Waals surface area contributed by atoms with Crippen LogP contribution in [0.2, 0.25) is 0 Å². The zero-order valence-electron chi connectivity index (χ0n) is 19.5. The number of hydrogen-bond acceptors (Lipinski definition) is 9. The number of nitrogens with zero attached hydrogens (tertiary/aromatic N) is 5. The van der Waals surface area contributed by atoms with Crippen LogP contribution in [0, 0.1) is 10.1 Å². The monoisotopic (exact) mass is 503 g/mol. The minimum absolute atomic E-state index is 0.0153. The van der Waals surface area contributed by atoms with E-state index >= 15 is 0 Å². The maximum atomic E-state index is 13.2. The van der Waals surface area contributed by atoms with Crippen molar-refractivity contribution in [2.45, 2.75) is 31.7 Å². The predicted molar refractivity (Wildman–Crippen MR) is 134 cm³/mol. The lowest BCUT2D eigenvalue weighted by molar-refractivity contribution is -0.384. The highest BCUT2D eigenvalue weighted by Gasteiger charge is 2.37. The number of carbonyl (C=O) groups excluding carboxylic acids is 1. The molecule has 0 saturated carbocycles. The Morgan fingerprint density at radius 3 is 2.58 bits per heavy atom. The van der Waals surface area contributed by atoms with Crippen LogP contribution < -0.4 is 9.64 Å². The molecule has 0 N–H and O–H groups in total. The summed E-state index contributed by atoms with van der Waals surface area (Å²) in [5, 5.41) is 20.1. The number of para-hydroxylation sites is 1. The van der Waals surface area contributed by atoms with Crippen LogP contribution in [-0.2, 0) is 4.79 Å². The summed E-state index contributed by atoms with van der Waals surface area (Å²) in [6.45, 7) is 3.77. The van der Waals surface area contributed by atoms with Gasteiger partial charge in [0.1, 0.15) is 5.76 Å². The molecule has 10 nitrogen and oxygen atoms in total. The molecule has 1 amide bonds. The summed E-state index contributed by atoms with van der Waals surface area (Å²) in [6, 6.07) is 16.9. The lowest BCUT2D eigenvalue weighted by Crippen LogP contribution is -2.37. The number of benzene rings is 2. The Balaban J connectivity index is 1.62. The fraction of sp³-hybridized carbons (Fsp3) is 0.200. The second kappa shape index (κ2) is 9.78. The first-order valence-corrected chi connectivity index (χ1v) is 12.3. The summed E-state index contributed by atoms with van der Waals surface area (Å²) < 4.78 is 12.5. The Morgan fingerprint density at radius 2 is 1.86 bits per heavy atom. The van der Waals surface area contributed by atoms with Gasteiger partial charge in [-0.3, -0.25) is 19.8 Å². The number of non-ortho nitro benzene ring substituents is 1. The standard InChI is InChI=1S/C25H21N5O5S/c1-3-21(31)29-18-8-6-5-7-17(18)22-23(26-25(28-27-22)36-4-2)35-24(29)20-14-13-19(34-20)15-9-11-16(12-10-15)30(32)33/h5-14,24H,3-4H2,1-2H3/t24-/m0/s1. The molecule has 1 aliphatic heterocycles. The molecule has 1 aliphatic rings. The van der Waals surface area contributed by atoms with Crippen LogP contribution in [0.4, 0.5) is 11.4 Å². The number of aromatic nitrogens is 3. The zero-order valence-corrected chi connectivity index (χ0v) is 20.3. The molecular weight excluding hydrogens is 482 g/mol. The SMILES string of the molecule is CCSc1nnc2c(n1)O[C@@H](c1ccc(-c3ccc([N+](=O)[O-])cc3)o1)N(C(=O)CC)c1ccccc1-2. The third-order valence-electron chi connectivity index (χ3n) is 5.59. The number of carbonyl (C=O) groups is 1. The first kappa shape index (κ1) is 23.5. The van der Waals surface area contributed by atoms with Gasteiger partial charge in [0.2, 0.25) is 23.2 Å². The highest BCUT2D eigenvalue weighted by atomic mass is 32.2. The number of ether oxygens (including phenoxy) is 1. The van der Waals surface area contributed by atoms with Crippen LogP contribution in [-0.4, -0.2) is 31.8 Å². The Morgan fingerprint density at radius 1 is 1.08 bits per heavy atom.